The Morgan fingerprint density at radius 1 is 1.08 bits per heavy atom. The highest BCUT2D eigenvalue weighted by Crippen LogP contribution is 2.28. The fraction of sp³-hybridized carbons (Fsp3) is 0.444. The van der Waals surface area contributed by atoms with Gasteiger partial charge in [-0.2, -0.15) is 5.10 Å². The van der Waals surface area contributed by atoms with Crippen LogP contribution in [0.4, 0.5) is 5.82 Å². The molecular formula is C18H24N4O3. The van der Waals surface area contributed by atoms with Crippen LogP contribution in [0.3, 0.4) is 0 Å². The summed E-state index contributed by atoms with van der Waals surface area (Å²) in [5.74, 6) is 1.97. The minimum Gasteiger partial charge on any atom is -0.497 e. The van der Waals surface area contributed by atoms with Crippen LogP contribution < -0.4 is 15.2 Å². The highest BCUT2D eigenvalue weighted by atomic mass is 16.5. The molecule has 25 heavy (non-hydrogen) atoms. The van der Waals surface area contributed by atoms with Crippen LogP contribution in [0.15, 0.2) is 24.3 Å². The Hall–Kier alpha value is -2.38. The van der Waals surface area contributed by atoms with Crippen LogP contribution in [0.25, 0.3) is 0 Å². The standard InChI is InChI=1S/C18H24N4O3/c1-23-15-5-4-12(17(8-15)25-3)6-13-7-14(20-21-18(13)19)9-22-10-16(11-22)24-2/h4-5,7-8,16H,6,9-11H2,1-3H3,(H2,19,21). The van der Waals surface area contributed by atoms with E-state index in [9.17, 15) is 0 Å². The number of ether oxygens (including phenoxy) is 3. The quantitative estimate of drug-likeness (QED) is 0.815. The minimum absolute atomic E-state index is 0.324. The summed E-state index contributed by atoms with van der Waals surface area (Å²) in [6.45, 7) is 2.59. The number of rotatable bonds is 7. The number of aromatic nitrogens is 2. The topological polar surface area (TPSA) is 82.7 Å². The molecule has 134 valence electrons. The van der Waals surface area contributed by atoms with Crippen LogP contribution >= 0.6 is 0 Å². The van der Waals surface area contributed by atoms with Crippen molar-refractivity contribution in [2.24, 2.45) is 0 Å². The highest BCUT2D eigenvalue weighted by molar-refractivity contribution is 5.47. The fourth-order valence-corrected chi connectivity index (χ4v) is 2.94. The van der Waals surface area contributed by atoms with Crippen molar-refractivity contribution < 1.29 is 14.2 Å². The highest BCUT2D eigenvalue weighted by Gasteiger charge is 2.26. The second-order valence-corrected chi connectivity index (χ2v) is 6.15. The van der Waals surface area contributed by atoms with Gasteiger partial charge in [0.05, 0.1) is 26.0 Å². The third-order valence-corrected chi connectivity index (χ3v) is 4.47. The first-order valence-corrected chi connectivity index (χ1v) is 8.20. The molecule has 0 atom stereocenters. The molecule has 3 rings (SSSR count). The molecule has 0 radical (unpaired) electrons. The lowest BCUT2D eigenvalue weighted by molar-refractivity contribution is -0.0340. The number of benzene rings is 1. The van der Waals surface area contributed by atoms with Crippen molar-refractivity contribution in [1.29, 1.82) is 0 Å². The SMILES string of the molecule is COc1ccc(Cc2cc(CN3CC(OC)C3)nnc2N)c(OC)c1. The Balaban J connectivity index is 1.75. The first kappa shape index (κ1) is 17.4. The molecule has 0 saturated carbocycles. The molecule has 2 aromatic rings. The van der Waals surface area contributed by atoms with Crippen molar-refractivity contribution >= 4 is 5.82 Å². The molecule has 2 N–H and O–H groups in total. The number of hydrogen-bond acceptors (Lipinski definition) is 7. The van der Waals surface area contributed by atoms with Gasteiger partial charge in [0.15, 0.2) is 0 Å². The maximum absolute atomic E-state index is 6.03. The average molecular weight is 344 g/mol. The summed E-state index contributed by atoms with van der Waals surface area (Å²) in [7, 11) is 5.02. The molecule has 0 unspecified atom stereocenters. The molecule has 0 spiro atoms. The largest absolute Gasteiger partial charge is 0.497 e. The number of methoxy groups -OCH3 is 3. The smallest absolute Gasteiger partial charge is 0.149 e. The number of likely N-dealkylation sites (tertiary alicyclic amines) is 1. The van der Waals surface area contributed by atoms with Gasteiger partial charge in [-0.15, -0.1) is 5.10 Å². The van der Waals surface area contributed by atoms with Crippen LogP contribution in [-0.2, 0) is 17.7 Å². The lowest BCUT2D eigenvalue weighted by Gasteiger charge is -2.37. The molecule has 1 aromatic heterocycles. The number of anilines is 1. The predicted octanol–water partition coefficient (Wildman–Crippen LogP) is 1.50. The van der Waals surface area contributed by atoms with E-state index in [4.69, 9.17) is 19.9 Å². The molecule has 1 saturated heterocycles. The third-order valence-electron chi connectivity index (χ3n) is 4.47. The summed E-state index contributed by atoms with van der Waals surface area (Å²) in [5.41, 5.74) is 8.91. The van der Waals surface area contributed by atoms with Gasteiger partial charge in [0, 0.05) is 44.8 Å². The van der Waals surface area contributed by atoms with Crippen LogP contribution in [0.1, 0.15) is 16.8 Å². The van der Waals surface area contributed by atoms with Crippen molar-refractivity contribution in [3.63, 3.8) is 0 Å². The van der Waals surface area contributed by atoms with Gasteiger partial charge in [-0.3, -0.25) is 4.90 Å². The number of hydrogen-bond donors (Lipinski definition) is 1. The van der Waals surface area contributed by atoms with E-state index in [1.54, 1.807) is 21.3 Å². The van der Waals surface area contributed by atoms with E-state index in [0.29, 0.717) is 18.3 Å². The summed E-state index contributed by atoms with van der Waals surface area (Å²) in [5, 5.41) is 8.33. The van der Waals surface area contributed by atoms with Crippen LogP contribution in [0.5, 0.6) is 11.5 Å². The molecular weight excluding hydrogens is 320 g/mol. The maximum Gasteiger partial charge on any atom is 0.149 e. The van der Waals surface area contributed by atoms with Crippen molar-refractivity contribution in [2.75, 3.05) is 40.2 Å². The van der Waals surface area contributed by atoms with E-state index >= 15 is 0 Å². The van der Waals surface area contributed by atoms with Gasteiger partial charge < -0.3 is 19.9 Å². The molecule has 0 amide bonds. The van der Waals surface area contributed by atoms with Gasteiger partial charge >= 0.3 is 0 Å². The minimum atomic E-state index is 0.324. The molecule has 7 heteroatoms. The van der Waals surface area contributed by atoms with Crippen molar-refractivity contribution in [2.45, 2.75) is 19.1 Å². The average Bonchev–Trinajstić information content (AvgIpc) is 2.60. The molecule has 1 aromatic carbocycles. The van der Waals surface area contributed by atoms with Crippen molar-refractivity contribution in [1.82, 2.24) is 15.1 Å². The summed E-state index contributed by atoms with van der Waals surface area (Å²) in [4.78, 5) is 2.27. The zero-order chi connectivity index (χ0) is 17.8. The first-order valence-electron chi connectivity index (χ1n) is 8.20. The van der Waals surface area contributed by atoms with Gasteiger partial charge in [-0.25, -0.2) is 0 Å². The second-order valence-electron chi connectivity index (χ2n) is 6.15. The summed E-state index contributed by atoms with van der Waals surface area (Å²) in [6.07, 6.45) is 0.951. The van der Waals surface area contributed by atoms with Crippen LogP contribution in [0, 0.1) is 0 Å². The fourth-order valence-electron chi connectivity index (χ4n) is 2.94. The monoisotopic (exact) mass is 344 g/mol. The van der Waals surface area contributed by atoms with E-state index in [1.165, 1.54) is 0 Å². The molecule has 0 aliphatic carbocycles. The molecule has 2 heterocycles. The van der Waals surface area contributed by atoms with Crippen molar-refractivity contribution in [3.8, 4) is 11.5 Å². The predicted molar refractivity (Wildman–Crippen MR) is 94.9 cm³/mol. The third kappa shape index (κ3) is 4.00. The lowest BCUT2D eigenvalue weighted by atomic mass is 10.0. The maximum atomic E-state index is 6.03. The van der Waals surface area contributed by atoms with E-state index in [2.05, 4.69) is 15.1 Å². The van der Waals surface area contributed by atoms with Gasteiger partial charge in [-0.05, 0) is 17.7 Å². The Morgan fingerprint density at radius 2 is 1.88 bits per heavy atom. The summed E-state index contributed by atoms with van der Waals surface area (Å²) < 4.78 is 16.0. The normalized spacial score (nSPS) is 15.0. The second kappa shape index (κ2) is 7.67. The van der Waals surface area contributed by atoms with E-state index < -0.39 is 0 Å². The molecule has 1 fully saturated rings. The zero-order valence-electron chi connectivity index (χ0n) is 14.9. The van der Waals surface area contributed by atoms with Gasteiger partial charge in [0.1, 0.15) is 17.3 Å². The molecule has 1 aliphatic rings. The van der Waals surface area contributed by atoms with Crippen molar-refractivity contribution in [3.05, 3.63) is 41.1 Å². The number of nitrogens with two attached hydrogens (primary N) is 1. The van der Waals surface area contributed by atoms with Gasteiger partial charge in [0.25, 0.3) is 0 Å². The van der Waals surface area contributed by atoms with Gasteiger partial charge in [-0.1, -0.05) is 6.07 Å². The van der Waals surface area contributed by atoms with Gasteiger partial charge in [0.2, 0.25) is 0 Å². The van der Waals surface area contributed by atoms with E-state index in [1.807, 2.05) is 24.3 Å². The lowest BCUT2D eigenvalue weighted by Crippen LogP contribution is -2.51. The number of nitrogens with zero attached hydrogens (tertiary/aromatic N) is 3. The Morgan fingerprint density at radius 3 is 2.56 bits per heavy atom. The summed E-state index contributed by atoms with van der Waals surface area (Å²) >= 11 is 0. The number of nitrogen functional groups attached to an aromatic ring is 1. The van der Waals surface area contributed by atoms with Crippen LogP contribution in [-0.4, -0.2) is 55.6 Å². The Kier molecular flexibility index (Phi) is 5.35. The molecule has 7 nitrogen and oxygen atoms in total. The Labute approximate surface area is 147 Å². The van der Waals surface area contributed by atoms with E-state index in [-0.39, 0.29) is 0 Å². The van der Waals surface area contributed by atoms with E-state index in [0.717, 1.165) is 48.0 Å². The van der Waals surface area contributed by atoms with Crippen LogP contribution in [0.2, 0.25) is 0 Å². The first-order chi connectivity index (χ1) is 12.1. The summed E-state index contributed by atoms with van der Waals surface area (Å²) in [6, 6.07) is 7.78. The zero-order valence-corrected chi connectivity index (χ0v) is 14.9. The Bertz CT molecular complexity index is 732. The molecule has 0 bridgehead atoms. The molecule has 1 aliphatic heterocycles.